The highest BCUT2D eigenvalue weighted by molar-refractivity contribution is 5.86. The number of furan rings is 1. The zero-order valence-electron chi connectivity index (χ0n) is 10.6. The lowest BCUT2D eigenvalue weighted by Gasteiger charge is -2.29. The lowest BCUT2D eigenvalue weighted by atomic mass is 10.2. The molecule has 7 heteroatoms. The number of carbonyl (C=O) groups excluding carboxylic acids is 1. The smallest absolute Gasteiger partial charge is 0.371 e. The molecule has 0 spiro atoms. The molecule has 1 amide bonds. The molecule has 19 heavy (non-hydrogen) atoms. The van der Waals surface area contributed by atoms with Crippen molar-refractivity contribution in [3.05, 3.63) is 17.9 Å². The Kier molecular flexibility index (Phi) is 4.06. The summed E-state index contributed by atoms with van der Waals surface area (Å²) in [5, 5.41) is 11.6. The van der Waals surface area contributed by atoms with Gasteiger partial charge in [0, 0.05) is 19.2 Å². The molecule has 1 aromatic rings. The van der Waals surface area contributed by atoms with Gasteiger partial charge in [0.1, 0.15) is 6.04 Å². The number of amides is 1. The number of hydrogen-bond acceptors (Lipinski definition) is 5. The van der Waals surface area contributed by atoms with Crippen molar-refractivity contribution in [3.63, 3.8) is 0 Å². The second-order valence-corrected chi connectivity index (χ2v) is 4.27. The third-order valence-electron chi connectivity index (χ3n) is 2.87. The van der Waals surface area contributed by atoms with Crippen molar-refractivity contribution >= 4 is 17.8 Å². The quantitative estimate of drug-likeness (QED) is 0.832. The molecule has 1 aromatic heterocycles. The third-order valence-corrected chi connectivity index (χ3v) is 2.87. The van der Waals surface area contributed by atoms with Crippen molar-refractivity contribution in [3.8, 4) is 0 Å². The van der Waals surface area contributed by atoms with Crippen LogP contribution in [-0.2, 0) is 9.53 Å². The Hall–Kier alpha value is -2.02. The van der Waals surface area contributed by atoms with Crippen LogP contribution in [0.5, 0.6) is 0 Å². The largest absolute Gasteiger partial charge is 0.475 e. The van der Waals surface area contributed by atoms with Crippen LogP contribution in [0.25, 0.3) is 0 Å². The van der Waals surface area contributed by atoms with E-state index in [0.29, 0.717) is 26.3 Å². The molecule has 1 aliphatic rings. The number of ether oxygens (including phenoxy) is 1. The molecule has 0 radical (unpaired) electrons. The van der Waals surface area contributed by atoms with E-state index in [1.807, 2.05) is 0 Å². The minimum atomic E-state index is -1.14. The monoisotopic (exact) mass is 268 g/mol. The van der Waals surface area contributed by atoms with Crippen LogP contribution in [-0.4, -0.2) is 54.2 Å². The Labute approximate surface area is 110 Å². The van der Waals surface area contributed by atoms with Gasteiger partial charge in [-0.25, -0.2) is 4.79 Å². The lowest BCUT2D eigenvalue weighted by Crippen LogP contribution is -2.46. The highest BCUT2D eigenvalue weighted by atomic mass is 16.5. The van der Waals surface area contributed by atoms with Gasteiger partial charge in [-0.1, -0.05) is 0 Å². The first-order valence-corrected chi connectivity index (χ1v) is 6.04. The summed E-state index contributed by atoms with van der Waals surface area (Å²) >= 11 is 0. The van der Waals surface area contributed by atoms with Crippen LogP contribution >= 0.6 is 0 Å². The van der Waals surface area contributed by atoms with Crippen molar-refractivity contribution in [2.75, 3.05) is 31.6 Å². The summed E-state index contributed by atoms with van der Waals surface area (Å²) in [5.41, 5.74) is 0. The second-order valence-electron chi connectivity index (χ2n) is 4.27. The highest BCUT2D eigenvalue weighted by Crippen LogP contribution is 2.15. The third kappa shape index (κ3) is 3.25. The van der Waals surface area contributed by atoms with Gasteiger partial charge in [0.25, 0.3) is 0 Å². The average molecular weight is 268 g/mol. The molecule has 0 bridgehead atoms. The number of morpholine rings is 1. The first kappa shape index (κ1) is 13.4. The van der Waals surface area contributed by atoms with Gasteiger partial charge in [-0.15, -0.1) is 0 Å². The lowest BCUT2D eigenvalue weighted by molar-refractivity contribution is -0.135. The zero-order chi connectivity index (χ0) is 13.8. The molecule has 2 N–H and O–H groups in total. The number of carboxylic acids is 1. The number of carboxylic acid groups (broad SMARTS) is 1. The van der Waals surface area contributed by atoms with Gasteiger partial charge in [-0.2, -0.15) is 0 Å². The van der Waals surface area contributed by atoms with Gasteiger partial charge < -0.3 is 24.5 Å². The summed E-state index contributed by atoms with van der Waals surface area (Å²) in [4.78, 5) is 24.5. The molecule has 2 heterocycles. The topological polar surface area (TPSA) is 92.0 Å². The van der Waals surface area contributed by atoms with E-state index < -0.39 is 12.0 Å². The van der Waals surface area contributed by atoms with Crippen molar-refractivity contribution in [2.24, 2.45) is 0 Å². The van der Waals surface area contributed by atoms with Gasteiger partial charge in [0.2, 0.25) is 11.7 Å². The predicted molar refractivity (Wildman–Crippen MR) is 66.2 cm³/mol. The van der Waals surface area contributed by atoms with Crippen molar-refractivity contribution < 1.29 is 23.8 Å². The number of hydrogen-bond donors (Lipinski definition) is 2. The fourth-order valence-corrected chi connectivity index (χ4v) is 1.86. The summed E-state index contributed by atoms with van der Waals surface area (Å²) in [6.45, 7) is 3.94. The first-order chi connectivity index (χ1) is 9.08. The normalized spacial score (nSPS) is 17.0. The predicted octanol–water partition coefficient (Wildman–Crippen LogP) is 0.637. The Bertz CT molecular complexity index is 464. The summed E-state index contributed by atoms with van der Waals surface area (Å²) in [7, 11) is 0. The number of rotatable bonds is 4. The molecule has 2 rings (SSSR count). The van der Waals surface area contributed by atoms with E-state index in [2.05, 4.69) is 5.32 Å². The highest BCUT2D eigenvalue weighted by Gasteiger charge is 2.23. The molecule has 1 unspecified atom stereocenters. The number of anilines is 1. The molecule has 0 saturated carbocycles. The van der Waals surface area contributed by atoms with Gasteiger partial charge >= 0.3 is 5.97 Å². The van der Waals surface area contributed by atoms with Crippen LogP contribution < -0.4 is 5.32 Å². The number of carbonyl (C=O) groups is 2. The minimum Gasteiger partial charge on any atom is -0.475 e. The molecule has 1 atom stereocenters. The zero-order valence-corrected chi connectivity index (χ0v) is 10.6. The first-order valence-electron chi connectivity index (χ1n) is 6.04. The van der Waals surface area contributed by atoms with Gasteiger partial charge in [0.05, 0.1) is 13.2 Å². The Balaban J connectivity index is 1.93. The maximum atomic E-state index is 12.1. The van der Waals surface area contributed by atoms with Crippen LogP contribution in [0.2, 0.25) is 0 Å². The van der Waals surface area contributed by atoms with E-state index in [0.717, 1.165) is 0 Å². The fraction of sp³-hybridized carbons (Fsp3) is 0.500. The molecule has 0 aliphatic carbocycles. The molecule has 0 aromatic carbocycles. The van der Waals surface area contributed by atoms with E-state index in [4.69, 9.17) is 14.3 Å². The molecule has 7 nitrogen and oxygen atoms in total. The maximum absolute atomic E-state index is 12.1. The SMILES string of the molecule is CC(Nc1ccc(C(=O)O)o1)C(=O)N1CCOCC1. The van der Waals surface area contributed by atoms with Gasteiger partial charge in [0.15, 0.2) is 5.88 Å². The maximum Gasteiger partial charge on any atom is 0.371 e. The Morgan fingerprint density at radius 1 is 1.37 bits per heavy atom. The molecule has 1 aliphatic heterocycles. The van der Waals surface area contributed by atoms with E-state index in [1.165, 1.54) is 12.1 Å². The Morgan fingerprint density at radius 2 is 2.05 bits per heavy atom. The summed E-state index contributed by atoms with van der Waals surface area (Å²) in [6, 6.07) is 2.36. The van der Waals surface area contributed by atoms with Crippen LogP contribution in [0.15, 0.2) is 16.5 Å². The summed E-state index contributed by atoms with van der Waals surface area (Å²) < 4.78 is 10.2. The van der Waals surface area contributed by atoms with Crippen molar-refractivity contribution in [1.82, 2.24) is 4.90 Å². The van der Waals surface area contributed by atoms with E-state index in [1.54, 1.807) is 11.8 Å². The van der Waals surface area contributed by atoms with E-state index >= 15 is 0 Å². The van der Waals surface area contributed by atoms with E-state index in [-0.39, 0.29) is 17.6 Å². The average Bonchev–Trinajstić information content (AvgIpc) is 2.87. The standard InChI is InChI=1S/C12H16N2O5/c1-8(11(15)14-4-6-18-7-5-14)13-10-3-2-9(19-10)12(16)17/h2-3,8,13H,4-7H2,1H3,(H,16,17). The molecular formula is C12H16N2O5. The van der Waals surface area contributed by atoms with Crippen LogP contribution in [0.1, 0.15) is 17.5 Å². The minimum absolute atomic E-state index is 0.0587. The second kappa shape index (κ2) is 5.75. The molecular weight excluding hydrogens is 252 g/mol. The number of nitrogens with one attached hydrogen (secondary N) is 1. The number of aromatic carboxylic acids is 1. The van der Waals surface area contributed by atoms with Crippen LogP contribution in [0.4, 0.5) is 5.88 Å². The molecule has 1 saturated heterocycles. The van der Waals surface area contributed by atoms with Crippen LogP contribution in [0, 0.1) is 0 Å². The number of nitrogens with zero attached hydrogens (tertiary/aromatic N) is 1. The van der Waals surface area contributed by atoms with Gasteiger partial charge in [-0.05, 0) is 13.0 Å². The van der Waals surface area contributed by atoms with Crippen LogP contribution in [0.3, 0.4) is 0 Å². The molecule has 1 fully saturated rings. The fourth-order valence-electron chi connectivity index (χ4n) is 1.86. The summed E-state index contributed by atoms with van der Waals surface area (Å²) in [5.74, 6) is -1.09. The summed E-state index contributed by atoms with van der Waals surface area (Å²) in [6.07, 6.45) is 0. The molecule has 104 valence electrons. The van der Waals surface area contributed by atoms with Crippen molar-refractivity contribution in [1.29, 1.82) is 0 Å². The Morgan fingerprint density at radius 3 is 2.63 bits per heavy atom. The van der Waals surface area contributed by atoms with Crippen molar-refractivity contribution in [2.45, 2.75) is 13.0 Å². The van der Waals surface area contributed by atoms with E-state index in [9.17, 15) is 9.59 Å². The van der Waals surface area contributed by atoms with Gasteiger partial charge in [-0.3, -0.25) is 4.79 Å².